The molecule has 1 saturated carbocycles. The molecule has 1 aliphatic rings. The van der Waals surface area contributed by atoms with Gasteiger partial charge >= 0.3 is 0 Å². The van der Waals surface area contributed by atoms with Crippen LogP contribution in [0.15, 0.2) is 36.4 Å². The molecule has 0 spiro atoms. The van der Waals surface area contributed by atoms with Crippen molar-refractivity contribution in [2.24, 2.45) is 0 Å². The van der Waals surface area contributed by atoms with Gasteiger partial charge < -0.3 is 10.1 Å². The third-order valence-corrected chi connectivity index (χ3v) is 3.78. The molecule has 4 nitrogen and oxygen atoms in total. The second kappa shape index (κ2) is 6.09. The highest BCUT2D eigenvalue weighted by Crippen LogP contribution is 2.31. The van der Waals surface area contributed by atoms with Crippen LogP contribution in [0, 0.1) is 17.1 Å². The molecule has 0 saturated heterocycles. The average molecular weight is 310 g/mol. The van der Waals surface area contributed by atoms with E-state index in [4.69, 9.17) is 10.00 Å². The molecule has 0 radical (unpaired) electrons. The summed E-state index contributed by atoms with van der Waals surface area (Å²) in [4.78, 5) is 12.2. The highest BCUT2D eigenvalue weighted by Gasteiger charge is 2.25. The maximum Gasteiger partial charge on any atom is 0.255 e. The molecular weight excluding hydrogens is 295 g/mol. The van der Waals surface area contributed by atoms with Crippen LogP contribution in [0.25, 0.3) is 11.1 Å². The first-order valence-electron chi connectivity index (χ1n) is 7.32. The predicted octanol–water partition coefficient (Wildman–Crippen LogP) is 3.27. The Bertz CT molecular complexity index is 807. The first-order chi connectivity index (χ1) is 11.1. The maximum absolute atomic E-state index is 14.1. The van der Waals surface area contributed by atoms with E-state index >= 15 is 0 Å². The Morgan fingerprint density at radius 2 is 2.13 bits per heavy atom. The Balaban J connectivity index is 2.02. The van der Waals surface area contributed by atoms with Gasteiger partial charge in [0.2, 0.25) is 0 Å². The molecule has 0 bridgehead atoms. The van der Waals surface area contributed by atoms with Crippen LogP contribution in [-0.2, 0) is 0 Å². The summed E-state index contributed by atoms with van der Waals surface area (Å²) in [5, 5.41) is 12.1. The van der Waals surface area contributed by atoms with Crippen molar-refractivity contribution in [3.63, 3.8) is 0 Å². The summed E-state index contributed by atoms with van der Waals surface area (Å²) < 4.78 is 19.4. The van der Waals surface area contributed by atoms with Gasteiger partial charge in [0, 0.05) is 11.6 Å². The van der Waals surface area contributed by atoms with Gasteiger partial charge in [-0.1, -0.05) is 12.1 Å². The first kappa shape index (κ1) is 15.0. The van der Waals surface area contributed by atoms with Crippen LogP contribution in [0.2, 0.25) is 0 Å². The fourth-order valence-corrected chi connectivity index (χ4v) is 2.44. The molecule has 0 heterocycles. The molecule has 3 rings (SSSR count). The van der Waals surface area contributed by atoms with Crippen LogP contribution >= 0.6 is 0 Å². The van der Waals surface area contributed by atoms with E-state index in [2.05, 4.69) is 5.32 Å². The quantitative estimate of drug-likeness (QED) is 0.942. The van der Waals surface area contributed by atoms with Crippen molar-refractivity contribution in [2.75, 3.05) is 7.11 Å². The molecule has 2 aromatic rings. The lowest BCUT2D eigenvalue weighted by Gasteiger charge is -2.12. The Morgan fingerprint density at radius 3 is 2.78 bits per heavy atom. The van der Waals surface area contributed by atoms with E-state index in [1.165, 1.54) is 19.2 Å². The molecule has 23 heavy (non-hydrogen) atoms. The third kappa shape index (κ3) is 3.02. The number of carbonyl (C=O) groups is 1. The summed E-state index contributed by atoms with van der Waals surface area (Å²) in [5.41, 5.74) is 1.35. The number of amides is 1. The zero-order valence-electron chi connectivity index (χ0n) is 12.6. The Morgan fingerprint density at radius 1 is 1.35 bits per heavy atom. The average Bonchev–Trinajstić information content (AvgIpc) is 3.37. The van der Waals surface area contributed by atoms with Gasteiger partial charge in [-0.25, -0.2) is 4.39 Å². The second-order valence-corrected chi connectivity index (χ2v) is 5.44. The Hall–Kier alpha value is -2.87. The van der Waals surface area contributed by atoms with Gasteiger partial charge in [0.15, 0.2) is 0 Å². The minimum Gasteiger partial charge on any atom is -0.496 e. The highest BCUT2D eigenvalue weighted by atomic mass is 19.1. The number of halogens is 1. The monoisotopic (exact) mass is 310 g/mol. The number of methoxy groups -OCH3 is 1. The lowest BCUT2D eigenvalue weighted by molar-refractivity contribution is 0.0948. The largest absolute Gasteiger partial charge is 0.496 e. The topological polar surface area (TPSA) is 62.1 Å². The molecule has 0 atom stereocenters. The fraction of sp³-hybridized carbons (Fsp3) is 0.222. The van der Waals surface area contributed by atoms with Gasteiger partial charge in [0.1, 0.15) is 11.6 Å². The van der Waals surface area contributed by atoms with Crippen molar-refractivity contribution < 1.29 is 13.9 Å². The molecule has 0 aliphatic heterocycles. The van der Waals surface area contributed by atoms with Gasteiger partial charge in [0.25, 0.3) is 5.91 Å². The van der Waals surface area contributed by atoms with E-state index in [0.29, 0.717) is 16.9 Å². The summed E-state index contributed by atoms with van der Waals surface area (Å²) in [6.07, 6.45) is 1.99. The number of hydrogen-bond acceptors (Lipinski definition) is 3. The van der Waals surface area contributed by atoms with Crippen LogP contribution < -0.4 is 10.1 Å². The van der Waals surface area contributed by atoms with E-state index in [-0.39, 0.29) is 23.1 Å². The molecule has 2 aromatic carbocycles. The lowest BCUT2D eigenvalue weighted by atomic mass is 9.98. The molecular formula is C18H15FN2O2. The summed E-state index contributed by atoms with van der Waals surface area (Å²) in [6.45, 7) is 0. The summed E-state index contributed by atoms with van der Waals surface area (Å²) in [5.74, 6) is -0.334. The van der Waals surface area contributed by atoms with E-state index in [0.717, 1.165) is 12.8 Å². The van der Waals surface area contributed by atoms with E-state index in [1.807, 2.05) is 6.07 Å². The van der Waals surface area contributed by atoms with Gasteiger partial charge in [-0.15, -0.1) is 0 Å². The number of nitrogens with zero attached hydrogens (tertiary/aromatic N) is 1. The molecule has 0 unspecified atom stereocenters. The van der Waals surface area contributed by atoms with Crippen molar-refractivity contribution in [3.05, 3.63) is 53.3 Å². The van der Waals surface area contributed by atoms with E-state index in [1.54, 1.807) is 24.3 Å². The minimum atomic E-state index is -0.485. The van der Waals surface area contributed by atoms with Gasteiger partial charge in [-0.3, -0.25) is 4.79 Å². The molecule has 116 valence electrons. The van der Waals surface area contributed by atoms with E-state index < -0.39 is 5.82 Å². The van der Waals surface area contributed by atoms with E-state index in [9.17, 15) is 9.18 Å². The number of carbonyl (C=O) groups excluding carboxylic acids is 1. The SMILES string of the molecule is COc1cc(-c2c(F)cccc2C#N)ccc1C(=O)NC1CC1. The normalized spacial score (nSPS) is 13.3. The number of hydrogen-bond donors (Lipinski definition) is 1. The predicted molar refractivity (Wildman–Crippen MR) is 83.6 cm³/mol. The van der Waals surface area contributed by atoms with Crippen LogP contribution in [-0.4, -0.2) is 19.1 Å². The minimum absolute atomic E-state index is 0.204. The van der Waals surface area contributed by atoms with Crippen molar-refractivity contribution in [2.45, 2.75) is 18.9 Å². The third-order valence-electron chi connectivity index (χ3n) is 3.78. The smallest absolute Gasteiger partial charge is 0.255 e. The van der Waals surface area contributed by atoms with Crippen LogP contribution in [0.3, 0.4) is 0 Å². The maximum atomic E-state index is 14.1. The molecule has 1 fully saturated rings. The van der Waals surface area contributed by atoms with Crippen LogP contribution in [0.4, 0.5) is 4.39 Å². The number of nitrogens with one attached hydrogen (secondary N) is 1. The number of nitriles is 1. The second-order valence-electron chi connectivity index (χ2n) is 5.44. The number of benzene rings is 2. The van der Waals surface area contributed by atoms with Crippen molar-refractivity contribution in [1.29, 1.82) is 5.26 Å². The highest BCUT2D eigenvalue weighted by molar-refractivity contribution is 5.98. The molecule has 0 aromatic heterocycles. The van der Waals surface area contributed by atoms with Gasteiger partial charge in [-0.05, 0) is 42.7 Å². The fourth-order valence-electron chi connectivity index (χ4n) is 2.44. The van der Waals surface area contributed by atoms with Crippen molar-refractivity contribution >= 4 is 5.91 Å². The Labute approximate surface area is 133 Å². The van der Waals surface area contributed by atoms with Crippen LogP contribution in [0.5, 0.6) is 5.75 Å². The molecule has 1 N–H and O–H groups in total. The number of rotatable bonds is 4. The Kier molecular flexibility index (Phi) is 3.98. The lowest BCUT2D eigenvalue weighted by Crippen LogP contribution is -2.25. The summed E-state index contributed by atoms with van der Waals surface area (Å²) in [6, 6.07) is 11.4. The zero-order valence-corrected chi connectivity index (χ0v) is 12.6. The summed E-state index contributed by atoms with van der Waals surface area (Å²) in [7, 11) is 1.46. The van der Waals surface area contributed by atoms with Crippen molar-refractivity contribution in [1.82, 2.24) is 5.32 Å². The van der Waals surface area contributed by atoms with Crippen LogP contribution in [0.1, 0.15) is 28.8 Å². The molecule has 1 amide bonds. The molecule has 1 aliphatic carbocycles. The van der Waals surface area contributed by atoms with Crippen molar-refractivity contribution in [3.8, 4) is 22.9 Å². The zero-order chi connectivity index (χ0) is 16.4. The van der Waals surface area contributed by atoms with Gasteiger partial charge in [-0.2, -0.15) is 5.26 Å². The van der Waals surface area contributed by atoms with Gasteiger partial charge in [0.05, 0.1) is 24.3 Å². The summed E-state index contributed by atoms with van der Waals surface area (Å²) >= 11 is 0. The standard InChI is InChI=1S/C18H15FN2O2/c1-23-16-9-11(17-12(10-20)3-2-4-15(17)19)5-8-14(16)18(22)21-13-6-7-13/h2-5,8-9,13H,6-7H2,1H3,(H,21,22). The molecule has 5 heteroatoms. The first-order valence-corrected chi connectivity index (χ1v) is 7.32. The number of ether oxygens (including phenoxy) is 1.